The molecule has 0 amide bonds. The summed E-state index contributed by atoms with van der Waals surface area (Å²) in [5.41, 5.74) is -0.902. The second kappa shape index (κ2) is 3.27. The molecule has 1 aromatic rings. The first kappa shape index (κ1) is 9.51. The molecule has 1 aliphatic carbocycles. The summed E-state index contributed by atoms with van der Waals surface area (Å²) in [5.74, 6) is -0.611. The normalized spacial score (nSPS) is 18.9. The van der Waals surface area contributed by atoms with Crippen molar-refractivity contribution in [2.24, 2.45) is 0 Å². The molecule has 1 saturated carbocycles. The lowest BCUT2D eigenvalue weighted by Gasteiger charge is -2.33. The van der Waals surface area contributed by atoms with Crippen molar-refractivity contribution in [2.75, 3.05) is 6.26 Å². The summed E-state index contributed by atoms with van der Waals surface area (Å²) in [5, 5.41) is 17.0. The number of thioether (sulfide) groups is 1. The number of carboxylic acids is 1. The molecule has 5 nitrogen and oxygen atoms in total. The number of nitrogens with zero attached hydrogens (tertiary/aromatic N) is 2. The Morgan fingerprint density at radius 2 is 2.29 bits per heavy atom. The van der Waals surface area contributed by atoms with Gasteiger partial charge < -0.3 is 9.52 Å². The van der Waals surface area contributed by atoms with Gasteiger partial charge in [-0.2, -0.15) is 0 Å². The minimum Gasteiger partial charge on any atom is -0.480 e. The lowest BCUT2D eigenvalue weighted by Crippen LogP contribution is -2.42. The van der Waals surface area contributed by atoms with Gasteiger partial charge in [-0.3, -0.25) is 4.79 Å². The van der Waals surface area contributed by atoms with Crippen LogP contribution in [0.4, 0.5) is 0 Å². The molecule has 0 saturated heterocycles. The lowest BCUT2D eigenvalue weighted by atomic mass is 9.69. The second-order valence-corrected chi connectivity index (χ2v) is 4.08. The standard InChI is InChI=1S/C8H10N2O3S/c1-14-7-10-9-5(13-7)8(6(11)12)3-2-4-8/h2-4H2,1H3,(H,11,12). The van der Waals surface area contributed by atoms with Crippen LogP contribution >= 0.6 is 11.8 Å². The fourth-order valence-corrected chi connectivity index (χ4v) is 1.82. The van der Waals surface area contributed by atoms with Crippen LogP contribution in [0.15, 0.2) is 9.64 Å². The average Bonchev–Trinajstić information content (AvgIpc) is 2.50. The van der Waals surface area contributed by atoms with Crippen molar-refractivity contribution in [1.82, 2.24) is 10.2 Å². The van der Waals surface area contributed by atoms with Crippen molar-refractivity contribution in [2.45, 2.75) is 29.9 Å². The molecule has 0 aromatic carbocycles. The van der Waals surface area contributed by atoms with Crippen LogP contribution in [0.5, 0.6) is 0 Å². The van der Waals surface area contributed by atoms with E-state index in [9.17, 15) is 4.79 Å². The van der Waals surface area contributed by atoms with E-state index in [-0.39, 0.29) is 5.89 Å². The van der Waals surface area contributed by atoms with Gasteiger partial charge in [-0.1, -0.05) is 18.2 Å². The Bertz CT molecular complexity index is 359. The van der Waals surface area contributed by atoms with E-state index in [4.69, 9.17) is 9.52 Å². The highest BCUT2D eigenvalue weighted by atomic mass is 32.2. The Hall–Kier alpha value is -1.04. The lowest BCUT2D eigenvalue weighted by molar-refractivity contribution is -0.148. The Morgan fingerprint density at radius 1 is 1.57 bits per heavy atom. The fraction of sp³-hybridized carbons (Fsp3) is 0.625. The summed E-state index contributed by atoms with van der Waals surface area (Å²) < 4.78 is 5.26. The van der Waals surface area contributed by atoms with E-state index in [0.29, 0.717) is 18.1 Å². The van der Waals surface area contributed by atoms with Gasteiger partial charge in [0, 0.05) is 0 Å². The van der Waals surface area contributed by atoms with Crippen molar-refractivity contribution in [3.8, 4) is 0 Å². The Morgan fingerprint density at radius 3 is 2.64 bits per heavy atom. The summed E-state index contributed by atoms with van der Waals surface area (Å²) in [4.78, 5) is 11.1. The third kappa shape index (κ3) is 1.21. The maximum Gasteiger partial charge on any atom is 0.319 e. The van der Waals surface area contributed by atoms with E-state index in [1.54, 1.807) is 0 Å². The van der Waals surface area contributed by atoms with Gasteiger partial charge in [-0.15, -0.1) is 10.2 Å². The topological polar surface area (TPSA) is 76.2 Å². The fourth-order valence-electron chi connectivity index (χ4n) is 1.54. The van der Waals surface area contributed by atoms with Crippen LogP contribution in [-0.2, 0) is 10.2 Å². The van der Waals surface area contributed by atoms with Gasteiger partial charge in [-0.25, -0.2) is 0 Å². The van der Waals surface area contributed by atoms with E-state index in [1.165, 1.54) is 11.8 Å². The highest BCUT2D eigenvalue weighted by molar-refractivity contribution is 7.98. The molecule has 1 aliphatic rings. The smallest absolute Gasteiger partial charge is 0.319 e. The summed E-state index contributed by atoms with van der Waals surface area (Å²) >= 11 is 1.32. The second-order valence-electron chi connectivity index (χ2n) is 3.32. The molecule has 2 rings (SSSR count). The summed E-state index contributed by atoms with van der Waals surface area (Å²) in [7, 11) is 0. The number of rotatable bonds is 3. The van der Waals surface area contributed by atoms with Gasteiger partial charge in [0.25, 0.3) is 5.22 Å². The molecular formula is C8H10N2O3S. The van der Waals surface area contributed by atoms with Gasteiger partial charge in [0.1, 0.15) is 5.41 Å². The molecule has 0 spiro atoms. The first-order valence-electron chi connectivity index (χ1n) is 4.30. The molecule has 0 aliphatic heterocycles. The first-order chi connectivity index (χ1) is 6.69. The molecule has 0 bridgehead atoms. The van der Waals surface area contributed by atoms with Crippen molar-refractivity contribution in [3.63, 3.8) is 0 Å². The van der Waals surface area contributed by atoms with Crippen molar-refractivity contribution in [3.05, 3.63) is 5.89 Å². The minimum absolute atomic E-state index is 0.251. The molecule has 14 heavy (non-hydrogen) atoms. The number of aromatic nitrogens is 2. The van der Waals surface area contributed by atoms with Crippen LogP contribution in [0.2, 0.25) is 0 Å². The molecule has 6 heteroatoms. The zero-order chi connectivity index (χ0) is 10.2. The maximum atomic E-state index is 11.1. The van der Waals surface area contributed by atoms with E-state index >= 15 is 0 Å². The Labute approximate surface area is 84.9 Å². The van der Waals surface area contributed by atoms with Gasteiger partial charge in [0.15, 0.2) is 0 Å². The Kier molecular flexibility index (Phi) is 2.22. The third-order valence-electron chi connectivity index (χ3n) is 2.61. The van der Waals surface area contributed by atoms with E-state index in [2.05, 4.69) is 10.2 Å². The minimum atomic E-state index is -0.902. The van der Waals surface area contributed by atoms with Crippen LogP contribution in [0.3, 0.4) is 0 Å². The predicted octanol–water partition coefficient (Wildman–Crippen LogP) is 1.30. The van der Waals surface area contributed by atoms with Crippen molar-refractivity contribution >= 4 is 17.7 Å². The molecule has 0 radical (unpaired) electrons. The molecule has 1 heterocycles. The van der Waals surface area contributed by atoms with Crippen LogP contribution in [-0.4, -0.2) is 27.5 Å². The monoisotopic (exact) mass is 214 g/mol. The summed E-state index contributed by atoms with van der Waals surface area (Å²) in [6.45, 7) is 0. The maximum absolute atomic E-state index is 11.1. The average molecular weight is 214 g/mol. The van der Waals surface area contributed by atoms with Crippen LogP contribution in [0, 0.1) is 0 Å². The highest BCUT2D eigenvalue weighted by Crippen LogP contribution is 2.43. The van der Waals surface area contributed by atoms with E-state index in [0.717, 1.165) is 6.42 Å². The number of carbonyl (C=O) groups is 1. The zero-order valence-electron chi connectivity index (χ0n) is 7.69. The SMILES string of the molecule is CSc1nnc(C2(C(=O)O)CCC2)o1. The summed E-state index contributed by atoms with van der Waals surface area (Å²) in [6, 6.07) is 0. The Balaban J connectivity index is 2.32. The van der Waals surface area contributed by atoms with Crippen LogP contribution in [0.25, 0.3) is 0 Å². The molecule has 1 aromatic heterocycles. The quantitative estimate of drug-likeness (QED) is 0.764. The zero-order valence-corrected chi connectivity index (χ0v) is 8.50. The number of carboxylic acid groups (broad SMARTS) is 1. The third-order valence-corrected chi connectivity index (χ3v) is 3.12. The molecule has 0 unspecified atom stereocenters. The van der Waals surface area contributed by atoms with E-state index in [1.807, 2.05) is 6.26 Å². The molecule has 1 N–H and O–H groups in total. The number of hydrogen-bond acceptors (Lipinski definition) is 5. The van der Waals surface area contributed by atoms with Crippen LogP contribution < -0.4 is 0 Å². The van der Waals surface area contributed by atoms with Gasteiger partial charge >= 0.3 is 5.97 Å². The molecule has 76 valence electrons. The predicted molar refractivity (Wildman–Crippen MR) is 49.2 cm³/mol. The number of hydrogen-bond donors (Lipinski definition) is 1. The van der Waals surface area contributed by atoms with E-state index < -0.39 is 11.4 Å². The van der Waals surface area contributed by atoms with Crippen molar-refractivity contribution < 1.29 is 14.3 Å². The highest BCUT2D eigenvalue weighted by Gasteiger charge is 2.50. The van der Waals surface area contributed by atoms with Gasteiger partial charge in [0.2, 0.25) is 5.89 Å². The van der Waals surface area contributed by atoms with Gasteiger partial charge in [-0.05, 0) is 19.1 Å². The molecular weight excluding hydrogens is 204 g/mol. The molecule has 0 atom stereocenters. The summed E-state index contributed by atoms with van der Waals surface area (Å²) in [6.07, 6.45) is 3.91. The first-order valence-corrected chi connectivity index (χ1v) is 5.53. The number of aliphatic carboxylic acids is 1. The van der Waals surface area contributed by atoms with Crippen LogP contribution in [0.1, 0.15) is 25.2 Å². The molecule has 1 fully saturated rings. The van der Waals surface area contributed by atoms with Gasteiger partial charge in [0.05, 0.1) is 0 Å². The van der Waals surface area contributed by atoms with Crippen molar-refractivity contribution in [1.29, 1.82) is 0 Å². The largest absolute Gasteiger partial charge is 0.480 e.